The molecule has 1 N–H and O–H groups in total. The number of ether oxygens (including phenoxy) is 2. The van der Waals surface area contributed by atoms with Gasteiger partial charge in [-0.25, -0.2) is 0 Å². The van der Waals surface area contributed by atoms with Crippen molar-refractivity contribution in [3.05, 3.63) is 35.9 Å². The lowest BCUT2D eigenvalue weighted by molar-refractivity contribution is -0.144. The van der Waals surface area contributed by atoms with Gasteiger partial charge in [0.15, 0.2) is 11.5 Å². The SMILES string of the molecule is COc1cc(CCNC(=O)CN2C(=O)[C@H]3[C@H](C2=O)[C@H]2C=C[C@H]3C2)ccc1OC(F)F. The Balaban J connectivity index is 1.29. The van der Waals surface area contributed by atoms with E-state index < -0.39 is 12.5 Å². The van der Waals surface area contributed by atoms with Gasteiger partial charge in [-0.2, -0.15) is 8.78 Å². The zero-order chi connectivity index (χ0) is 21.4. The average molecular weight is 420 g/mol. The van der Waals surface area contributed by atoms with E-state index in [4.69, 9.17) is 4.74 Å². The van der Waals surface area contributed by atoms with Gasteiger partial charge in [-0.3, -0.25) is 19.3 Å². The van der Waals surface area contributed by atoms with Crippen molar-refractivity contribution in [3.8, 4) is 11.5 Å². The Morgan fingerprint density at radius 3 is 2.43 bits per heavy atom. The van der Waals surface area contributed by atoms with Crippen LogP contribution in [0.15, 0.2) is 30.4 Å². The number of fused-ring (bicyclic) bond motifs is 5. The van der Waals surface area contributed by atoms with E-state index in [-0.39, 0.29) is 60.1 Å². The Labute approximate surface area is 172 Å². The molecular weight excluding hydrogens is 398 g/mol. The number of likely N-dealkylation sites (tertiary alicyclic amines) is 1. The van der Waals surface area contributed by atoms with Gasteiger partial charge in [0, 0.05) is 6.54 Å². The highest BCUT2D eigenvalue weighted by Crippen LogP contribution is 2.52. The van der Waals surface area contributed by atoms with E-state index in [1.165, 1.54) is 13.2 Å². The first kappa shape index (κ1) is 20.3. The molecule has 160 valence electrons. The Morgan fingerprint density at radius 2 is 1.83 bits per heavy atom. The molecular formula is C21H22F2N2O5. The molecule has 7 nitrogen and oxygen atoms in total. The maximum absolute atomic E-state index is 12.6. The minimum absolute atomic E-state index is 0.0691. The van der Waals surface area contributed by atoms with E-state index in [1.54, 1.807) is 12.1 Å². The number of methoxy groups -OCH3 is 1. The van der Waals surface area contributed by atoms with Crippen LogP contribution in [0.5, 0.6) is 11.5 Å². The van der Waals surface area contributed by atoms with Crippen LogP contribution in [-0.2, 0) is 20.8 Å². The summed E-state index contributed by atoms with van der Waals surface area (Å²) in [6.07, 6.45) is 5.27. The largest absolute Gasteiger partial charge is 0.493 e. The maximum Gasteiger partial charge on any atom is 0.387 e. The van der Waals surface area contributed by atoms with Gasteiger partial charge >= 0.3 is 6.61 Å². The number of hydrogen-bond donors (Lipinski definition) is 1. The summed E-state index contributed by atoms with van der Waals surface area (Å²) in [5.74, 6) is -1.24. The smallest absolute Gasteiger partial charge is 0.387 e. The highest BCUT2D eigenvalue weighted by Gasteiger charge is 2.59. The third kappa shape index (κ3) is 3.64. The molecule has 0 spiro atoms. The lowest BCUT2D eigenvalue weighted by Crippen LogP contribution is -2.42. The van der Waals surface area contributed by atoms with Gasteiger partial charge < -0.3 is 14.8 Å². The molecule has 1 aliphatic heterocycles. The molecule has 4 rings (SSSR count). The van der Waals surface area contributed by atoms with Crippen molar-refractivity contribution in [2.45, 2.75) is 19.5 Å². The van der Waals surface area contributed by atoms with Crippen molar-refractivity contribution in [3.63, 3.8) is 0 Å². The van der Waals surface area contributed by atoms with Gasteiger partial charge in [-0.15, -0.1) is 0 Å². The molecule has 1 aromatic carbocycles. The molecule has 0 aromatic heterocycles. The molecule has 1 heterocycles. The lowest BCUT2D eigenvalue weighted by atomic mass is 9.85. The summed E-state index contributed by atoms with van der Waals surface area (Å²) in [6, 6.07) is 4.54. The first-order valence-electron chi connectivity index (χ1n) is 9.81. The van der Waals surface area contributed by atoms with Crippen molar-refractivity contribution in [2.24, 2.45) is 23.7 Å². The highest BCUT2D eigenvalue weighted by atomic mass is 19.3. The lowest BCUT2D eigenvalue weighted by Gasteiger charge is -2.17. The standard InChI is InChI=1S/C21H22F2N2O5/c1-29-15-8-11(2-5-14(15)30-21(22)23)6-7-24-16(26)10-25-19(27)17-12-3-4-13(9-12)18(17)20(25)28/h2-5,8,12-13,17-18,21H,6-7,9-10H2,1H3,(H,24,26)/t12-,13-,17+,18+/m0/s1. The highest BCUT2D eigenvalue weighted by molar-refractivity contribution is 6.08. The molecule has 1 saturated heterocycles. The fourth-order valence-corrected chi connectivity index (χ4v) is 4.73. The number of benzene rings is 1. The minimum atomic E-state index is -2.95. The molecule has 2 bridgehead atoms. The van der Waals surface area contributed by atoms with E-state index in [1.807, 2.05) is 12.2 Å². The third-order valence-electron chi connectivity index (χ3n) is 6.04. The summed E-state index contributed by atoms with van der Waals surface area (Å²) in [7, 11) is 1.35. The van der Waals surface area contributed by atoms with Crippen molar-refractivity contribution in [1.29, 1.82) is 0 Å². The Kier molecular flexibility index (Phi) is 5.44. The number of allylic oxidation sites excluding steroid dienone is 2. The average Bonchev–Trinajstić information content (AvgIpc) is 3.39. The van der Waals surface area contributed by atoms with E-state index in [2.05, 4.69) is 10.1 Å². The number of halogens is 2. The van der Waals surface area contributed by atoms with Crippen LogP contribution in [0, 0.1) is 23.7 Å². The monoisotopic (exact) mass is 420 g/mol. The normalized spacial score (nSPS) is 26.5. The minimum Gasteiger partial charge on any atom is -0.493 e. The molecule has 0 unspecified atom stereocenters. The number of alkyl halides is 2. The van der Waals surface area contributed by atoms with Crippen LogP contribution in [0.2, 0.25) is 0 Å². The van der Waals surface area contributed by atoms with Crippen LogP contribution in [-0.4, -0.2) is 49.4 Å². The number of nitrogens with one attached hydrogen (secondary N) is 1. The van der Waals surface area contributed by atoms with Gasteiger partial charge in [0.25, 0.3) is 0 Å². The fraction of sp³-hybridized carbons (Fsp3) is 0.476. The van der Waals surface area contributed by atoms with E-state index in [9.17, 15) is 23.2 Å². The van der Waals surface area contributed by atoms with Crippen molar-refractivity contribution >= 4 is 17.7 Å². The second-order valence-electron chi connectivity index (χ2n) is 7.73. The molecule has 4 atom stereocenters. The van der Waals surface area contributed by atoms with E-state index in [0.29, 0.717) is 6.42 Å². The zero-order valence-electron chi connectivity index (χ0n) is 16.3. The number of carbonyl (C=O) groups is 3. The third-order valence-corrected chi connectivity index (χ3v) is 6.04. The quantitative estimate of drug-likeness (QED) is 0.512. The van der Waals surface area contributed by atoms with E-state index in [0.717, 1.165) is 16.9 Å². The topological polar surface area (TPSA) is 84.9 Å². The molecule has 2 aliphatic carbocycles. The molecule has 9 heteroatoms. The van der Waals surface area contributed by atoms with Crippen LogP contribution in [0.3, 0.4) is 0 Å². The number of hydrogen-bond acceptors (Lipinski definition) is 5. The summed E-state index contributed by atoms with van der Waals surface area (Å²) >= 11 is 0. The summed E-state index contributed by atoms with van der Waals surface area (Å²) in [4.78, 5) is 38.6. The van der Waals surface area contributed by atoms with Gasteiger partial charge in [-0.1, -0.05) is 18.2 Å². The van der Waals surface area contributed by atoms with E-state index >= 15 is 0 Å². The summed E-state index contributed by atoms with van der Waals surface area (Å²) < 4.78 is 34.2. The van der Waals surface area contributed by atoms with Crippen LogP contribution in [0.1, 0.15) is 12.0 Å². The maximum atomic E-state index is 12.6. The number of nitrogens with zero attached hydrogens (tertiary/aromatic N) is 1. The molecule has 2 fully saturated rings. The fourth-order valence-electron chi connectivity index (χ4n) is 4.73. The molecule has 1 saturated carbocycles. The summed E-state index contributed by atoms with van der Waals surface area (Å²) in [6.45, 7) is -2.98. The Hall–Kier alpha value is -2.97. The molecule has 1 aromatic rings. The zero-order valence-corrected chi connectivity index (χ0v) is 16.3. The second-order valence-corrected chi connectivity index (χ2v) is 7.73. The van der Waals surface area contributed by atoms with Crippen LogP contribution in [0.4, 0.5) is 8.78 Å². The number of amides is 3. The predicted octanol–water partition coefficient (Wildman–Crippen LogP) is 1.76. The second kappa shape index (κ2) is 8.04. The predicted molar refractivity (Wildman–Crippen MR) is 101 cm³/mol. The van der Waals surface area contributed by atoms with Gasteiger partial charge in [0.1, 0.15) is 6.54 Å². The van der Waals surface area contributed by atoms with Gasteiger partial charge in [0.2, 0.25) is 17.7 Å². The van der Waals surface area contributed by atoms with Crippen molar-refractivity contribution in [1.82, 2.24) is 10.2 Å². The van der Waals surface area contributed by atoms with Gasteiger partial charge in [-0.05, 0) is 42.4 Å². The molecule has 3 aliphatic rings. The summed E-state index contributed by atoms with van der Waals surface area (Å²) in [5, 5.41) is 2.69. The summed E-state index contributed by atoms with van der Waals surface area (Å²) in [5.41, 5.74) is 0.749. The number of rotatable bonds is 8. The van der Waals surface area contributed by atoms with Crippen molar-refractivity contribution < 1.29 is 32.6 Å². The molecule has 30 heavy (non-hydrogen) atoms. The first-order valence-corrected chi connectivity index (χ1v) is 9.81. The number of imide groups is 1. The van der Waals surface area contributed by atoms with Crippen LogP contribution < -0.4 is 14.8 Å². The van der Waals surface area contributed by atoms with Crippen molar-refractivity contribution in [2.75, 3.05) is 20.2 Å². The Morgan fingerprint density at radius 1 is 1.17 bits per heavy atom. The molecule has 0 radical (unpaired) electrons. The van der Waals surface area contributed by atoms with Gasteiger partial charge in [0.05, 0.1) is 18.9 Å². The molecule has 3 amide bonds. The Bertz CT molecular complexity index is 873. The van der Waals surface area contributed by atoms with Crippen LogP contribution >= 0.6 is 0 Å². The number of carbonyl (C=O) groups excluding carboxylic acids is 3. The van der Waals surface area contributed by atoms with Crippen LogP contribution in [0.25, 0.3) is 0 Å². The first-order chi connectivity index (χ1) is 14.4.